The molecule has 10 nitrogen and oxygen atoms in total. The molecule has 1 fully saturated rings. The van der Waals surface area contributed by atoms with Crippen LogP contribution in [-0.2, 0) is 16.0 Å². The number of carbonyl (C=O) groups is 2. The third kappa shape index (κ3) is 4.94. The van der Waals surface area contributed by atoms with E-state index in [4.69, 9.17) is 19.2 Å². The number of pyridine rings is 2. The highest BCUT2D eigenvalue weighted by Gasteiger charge is 2.25. The third-order valence-corrected chi connectivity index (χ3v) is 7.31. The van der Waals surface area contributed by atoms with Gasteiger partial charge in [-0.2, -0.15) is 4.99 Å². The SMILES string of the molecule is CCOC(=O)c1cc2c(=O)n3ccccc3nc2n(CC2CCCO2)c1=NC(=O)c1c(OCC)ccc2ccccc12. The lowest BCUT2D eigenvalue weighted by Gasteiger charge is -2.18. The van der Waals surface area contributed by atoms with E-state index in [1.165, 1.54) is 10.5 Å². The number of carbonyl (C=O) groups excluding carboxylic acids is 2. The van der Waals surface area contributed by atoms with Gasteiger partial charge in [-0.25, -0.2) is 9.78 Å². The highest BCUT2D eigenvalue weighted by Crippen LogP contribution is 2.29. The fourth-order valence-corrected chi connectivity index (χ4v) is 5.42. The monoisotopic (exact) mass is 566 g/mol. The number of hydrogen-bond acceptors (Lipinski definition) is 7. The van der Waals surface area contributed by atoms with Crippen LogP contribution in [0.25, 0.3) is 27.5 Å². The Morgan fingerprint density at radius 2 is 1.88 bits per heavy atom. The van der Waals surface area contributed by atoms with Crippen molar-refractivity contribution in [3.63, 3.8) is 0 Å². The second-order valence-electron chi connectivity index (χ2n) is 9.94. The normalized spacial score (nSPS) is 15.5. The number of hydrogen-bond donors (Lipinski definition) is 0. The van der Waals surface area contributed by atoms with E-state index in [9.17, 15) is 14.4 Å². The molecule has 1 aliphatic rings. The van der Waals surface area contributed by atoms with Gasteiger partial charge in [0.15, 0.2) is 5.49 Å². The van der Waals surface area contributed by atoms with Gasteiger partial charge in [-0.1, -0.05) is 36.4 Å². The van der Waals surface area contributed by atoms with Gasteiger partial charge in [0.25, 0.3) is 11.5 Å². The van der Waals surface area contributed by atoms with Crippen LogP contribution in [0.5, 0.6) is 5.75 Å². The first-order valence-corrected chi connectivity index (χ1v) is 14.1. The van der Waals surface area contributed by atoms with E-state index in [1.54, 1.807) is 42.0 Å². The molecule has 0 bridgehead atoms. The molecule has 1 saturated heterocycles. The van der Waals surface area contributed by atoms with Crippen LogP contribution < -0.4 is 15.8 Å². The molecule has 4 heterocycles. The molecule has 0 spiro atoms. The lowest BCUT2D eigenvalue weighted by molar-refractivity contribution is 0.0521. The predicted octanol–water partition coefficient (Wildman–Crippen LogP) is 4.30. The van der Waals surface area contributed by atoms with Crippen LogP contribution in [0.2, 0.25) is 0 Å². The molecule has 1 amide bonds. The van der Waals surface area contributed by atoms with Crippen LogP contribution in [0.3, 0.4) is 0 Å². The van der Waals surface area contributed by atoms with Crippen LogP contribution in [0, 0.1) is 0 Å². The molecule has 0 radical (unpaired) electrons. The van der Waals surface area contributed by atoms with Crippen molar-refractivity contribution in [2.45, 2.75) is 39.3 Å². The number of fused-ring (bicyclic) bond motifs is 3. The summed E-state index contributed by atoms with van der Waals surface area (Å²) in [4.78, 5) is 50.5. The molecular weight excluding hydrogens is 536 g/mol. The van der Waals surface area contributed by atoms with Gasteiger partial charge >= 0.3 is 5.97 Å². The number of rotatable bonds is 7. The standard InChI is InChI=1S/C32H30N4O6/c1-3-40-25-15-14-20-10-5-6-12-22(20)27(25)30(37)34-29-24(32(39)41-4-2)18-23-28(36(29)19-21-11-9-17-42-21)33-26-13-7-8-16-35(26)31(23)38/h5-8,10,12-16,18,21H,3-4,9,11,17,19H2,1-2H3. The fourth-order valence-electron chi connectivity index (χ4n) is 5.42. The zero-order valence-electron chi connectivity index (χ0n) is 23.4. The molecule has 6 rings (SSSR count). The molecule has 1 unspecified atom stereocenters. The zero-order valence-corrected chi connectivity index (χ0v) is 23.4. The first-order chi connectivity index (χ1) is 20.5. The van der Waals surface area contributed by atoms with E-state index in [-0.39, 0.29) is 46.8 Å². The lowest BCUT2D eigenvalue weighted by atomic mass is 10.0. The Morgan fingerprint density at radius 1 is 1.05 bits per heavy atom. The van der Waals surface area contributed by atoms with Crippen LogP contribution in [0.15, 0.2) is 76.6 Å². The van der Waals surface area contributed by atoms with Crippen molar-refractivity contribution in [1.82, 2.24) is 14.0 Å². The molecule has 10 heteroatoms. The van der Waals surface area contributed by atoms with Crippen molar-refractivity contribution in [3.8, 4) is 5.75 Å². The largest absolute Gasteiger partial charge is 0.493 e. The highest BCUT2D eigenvalue weighted by atomic mass is 16.5. The summed E-state index contributed by atoms with van der Waals surface area (Å²) in [5, 5.41) is 1.71. The molecule has 0 aliphatic carbocycles. The summed E-state index contributed by atoms with van der Waals surface area (Å²) < 4.78 is 20.2. The van der Waals surface area contributed by atoms with Crippen LogP contribution in [0.1, 0.15) is 47.4 Å². The van der Waals surface area contributed by atoms with Crippen molar-refractivity contribution >= 4 is 39.3 Å². The van der Waals surface area contributed by atoms with Crippen molar-refractivity contribution in [2.75, 3.05) is 19.8 Å². The summed E-state index contributed by atoms with van der Waals surface area (Å²) in [7, 11) is 0. The van der Waals surface area contributed by atoms with E-state index in [0.29, 0.717) is 35.6 Å². The van der Waals surface area contributed by atoms with E-state index < -0.39 is 11.9 Å². The van der Waals surface area contributed by atoms with E-state index >= 15 is 0 Å². The van der Waals surface area contributed by atoms with E-state index in [2.05, 4.69) is 4.99 Å². The Hall–Kier alpha value is -4.83. The first kappa shape index (κ1) is 27.3. The van der Waals surface area contributed by atoms with Crippen LogP contribution in [-0.4, -0.2) is 51.8 Å². The Kier molecular flexibility index (Phi) is 7.54. The van der Waals surface area contributed by atoms with Gasteiger partial charge in [-0.15, -0.1) is 0 Å². The molecule has 0 saturated carbocycles. The molecule has 214 valence electrons. The molecular formula is C32H30N4O6. The molecule has 1 atom stereocenters. The Morgan fingerprint density at radius 3 is 2.67 bits per heavy atom. The predicted molar refractivity (Wildman–Crippen MR) is 157 cm³/mol. The minimum atomic E-state index is -0.701. The van der Waals surface area contributed by atoms with Crippen molar-refractivity contribution < 1.29 is 23.8 Å². The van der Waals surface area contributed by atoms with Crippen LogP contribution in [0.4, 0.5) is 0 Å². The summed E-state index contributed by atoms with van der Waals surface area (Å²) in [6.45, 7) is 4.81. The van der Waals surface area contributed by atoms with Gasteiger partial charge in [0, 0.05) is 12.8 Å². The van der Waals surface area contributed by atoms with Gasteiger partial charge in [-0.05, 0) is 61.7 Å². The maximum atomic E-state index is 14.1. The van der Waals surface area contributed by atoms with Crippen molar-refractivity contribution in [2.24, 2.45) is 4.99 Å². The number of nitrogens with zero attached hydrogens (tertiary/aromatic N) is 4. The minimum absolute atomic E-state index is 0.0105. The molecule has 3 aromatic heterocycles. The average Bonchev–Trinajstić information content (AvgIpc) is 3.52. The van der Waals surface area contributed by atoms with Gasteiger partial charge < -0.3 is 18.8 Å². The number of aromatic nitrogens is 3. The van der Waals surface area contributed by atoms with Gasteiger partial charge in [0.05, 0.1) is 36.8 Å². The fraction of sp³-hybridized carbons (Fsp3) is 0.281. The highest BCUT2D eigenvalue weighted by molar-refractivity contribution is 6.10. The van der Waals surface area contributed by atoms with E-state index in [1.807, 2.05) is 37.3 Å². The van der Waals surface area contributed by atoms with Crippen molar-refractivity contribution in [1.29, 1.82) is 0 Å². The zero-order chi connectivity index (χ0) is 29.2. The number of esters is 1. The maximum absolute atomic E-state index is 14.1. The number of amides is 1. The first-order valence-electron chi connectivity index (χ1n) is 14.1. The Bertz CT molecular complexity index is 1970. The van der Waals surface area contributed by atoms with Gasteiger partial charge in [-0.3, -0.25) is 14.0 Å². The smallest absolute Gasteiger partial charge is 0.341 e. The summed E-state index contributed by atoms with van der Waals surface area (Å²) in [6.07, 6.45) is 3.05. The lowest BCUT2D eigenvalue weighted by Crippen LogP contribution is -2.35. The quantitative estimate of drug-likeness (QED) is 0.213. The van der Waals surface area contributed by atoms with E-state index in [0.717, 1.165) is 18.2 Å². The number of benzene rings is 2. The maximum Gasteiger partial charge on any atom is 0.341 e. The molecule has 2 aromatic carbocycles. The molecule has 5 aromatic rings. The van der Waals surface area contributed by atoms with Crippen LogP contribution >= 0.6 is 0 Å². The second-order valence-corrected chi connectivity index (χ2v) is 9.94. The summed E-state index contributed by atoms with van der Waals surface area (Å²) in [5.41, 5.74) is 0.676. The Labute approximate surface area is 240 Å². The third-order valence-electron chi connectivity index (χ3n) is 7.31. The minimum Gasteiger partial charge on any atom is -0.493 e. The number of ether oxygens (including phenoxy) is 3. The van der Waals surface area contributed by atoms with Gasteiger partial charge in [0.1, 0.15) is 22.6 Å². The molecule has 42 heavy (non-hydrogen) atoms. The van der Waals surface area contributed by atoms with Crippen molar-refractivity contribution in [3.05, 3.63) is 93.8 Å². The summed E-state index contributed by atoms with van der Waals surface area (Å²) >= 11 is 0. The molecule has 1 aliphatic heterocycles. The second kappa shape index (κ2) is 11.6. The van der Waals surface area contributed by atoms with Gasteiger partial charge in [0.2, 0.25) is 0 Å². The topological polar surface area (TPSA) is 113 Å². The summed E-state index contributed by atoms with van der Waals surface area (Å²) in [5.74, 6) is -0.914. The summed E-state index contributed by atoms with van der Waals surface area (Å²) in [6, 6.07) is 17.8. The average molecular weight is 567 g/mol. The Balaban J connectivity index is 1.70. The molecule has 0 N–H and O–H groups in total.